The number of benzene rings is 2. The van der Waals surface area contributed by atoms with E-state index < -0.39 is 0 Å². The highest BCUT2D eigenvalue weighted by molar-refractivity contribution is 7.80. The van der Waals surface area contributed by atoms with Gasteiger partial charge in [-0.2, -0.15) is 0 Å². The van der Waals surface area contributed by atoms with E-state index in [4.69, 9.17) is 17.0 Å². The van der Waals surface area contributed by atoms with Gasteiger partial charge in [-0.1, -0.05) is 36.8 Å². The first-order chi connectivity index (χ1) is 13.7. The van der Waals surface area contributed by atoms with E-state index in [-0.39, 0.29) is 0 Å². The molecule has 28 heavy (non-hydrogen) atoms. The summed E-state index contributed by atoms with van der Waals surface area (Å²) >= 11 is 5.56. The lowest BCUT2D eigenvalue weighted by Gasteiger charge is -2.49. The Balaban J connectivity index is 1.35. The Morgan fingerprint density at radius 2 is 1.71 bits per heavy atom. The van der Waals surface area contributed by atoms with Gasteiger partial charge in [-0.15, -0.1) is 0 Å². The molecule has 2 aromatic carbocycles. The number of methoxy groups -OCH3 is 1. The lowest BCUT2D eigenvalue weighted by molar-refractivity contribution is 0.0211. The molecule has 2 aromatic rings. The summed E-state index contributed by atoms with van der Waals surface area (Å²) in [4.78, 5) is 2.72. The topological polar surface area (TPSA) is 36.5 Å². The van der Waals surface area contributed by atoms with Crippen LogP contribution in [0, 0.1) is 0 Å². The third-order valence-corrected chi connectivity index (χ3v) is 6.24. The number of hydrogen-bond donors (Lipinski definition) is 2. The fourth-order valence-corrected chi connectivity index (χ4v) is 4.95. The summed E-state index contributed by atoms with van der Waals surface area (Å²) in [7, 11) is 1.72. The van der Waals surface area contributed by atoms with Crippen LogP contribution in [0.3, 0.4) is 0 Å². The van der Waals surface area contributed by atoms with Crippen LogP contribution < -0.4 is 15.4 Å². The molecule has 2 heterocycles. The zero-order valence-corrected chi connectivity index (χ0v) is 17.3. The number of thiocarbonyl (C=S) groups is 1. The summed E-state index contributed by atoms with van der Waals surface area (Å²) in [5.74, 6) is 0.922. The maximum absolute atomic E-state index is 5.56. The Kier molecular flexibility index (Phi) is 6.13. The number of rotatable bonds is 5. The monoisotopic (exact) mass is 395 g/mol. The van der Waals surface area contributed by atoms with Crippen molar-refractivity contribution in [2.75, 3.05) is 12.4 Å². The highest BCUT2D eigenvalue weighted by Crippen LogP contribution is 2.35. The normalized spacial score (nSPS) is 24.4. The van der Waals surface area contributed by atoms with E-state index in [0.717, 1.165) is 35.9 Å². The number of nitrogens with one attached hydrogen (secondary N) is 2. The van der Waals surface area contributed by atoms with E-state index in [2.05, 4.69) is 39.8 Å². The number of nitrogens with zero attached hydrogens (tertiary/aromatic N) is 1. The number of hydrogen-bond acceptors (Lipinski definition) is 3. The number of piperidine rings is 2. The summed E-state index contributed by atoms with van der Waals surface area (Å²) < 4.78 is 5.29. The van der Waals surface area contributed by atoms with Crippen LogP contribution >= 0.6 is 12.2 Å². The van der Waals surface area contributed by atoms with Crippen molar-refractivity contribution in [3.63, 3.8) is 0 Å². The molecule has 0 aliphatic carbocycles. The minimum absolute atomic E-state index is 0.450. The van der Waals surface area contributed by atoms with E-state index >= 15 is 0 Å². The van der Waals surface area contributed by atoms with E-state index in [1.54, 1.807) is 7.11 Å². The van der Waals surface area contributed by atoms with Gasteiger partial charge >= 0.3 is 0 Å². The smallest absolute Gasteiger partial charge is 0.170 e. The van der Waals surface area contributed by atoms with E-state index in [0.29, 0.717) is 18.1 Å². The first kappa shape index (κ1) is 19.2. The molecular weight excluding hydrogens is 366 g/mol. The Morgan fingerprint density at radius 3 is 2.36 bits per heavy atom. The summed E-state index contributed by atoms with van der Waals surface area (Å²) in [6.45, 7) is 1.03. The Morgan fingerprint density at radius 1 is 1.04 bits per heavy atom. The number of para-hydroxylation sites is 1. The lowest BCUT2D eigenvalue weighted by atomic mass is 9.81. The van der Waals surface area contributed by atoms with Crippen LogP contribution in [0.4, 0.5) is 5.69 Å². The molecule has 1 unspecified atom stereocenters. The van der Waals surface area contributed by atoms with Crippen LogP contribution in [0.25, 0.3) is 0 Å². The van der Waals surface area contributed by atoms with Gasteiger partial charge in [-0.3, -0.25) is 4.90 Å². The highest BCUT2D eigenvalue weighted by Gasteiger charge is 2.38. The second-order valence-corrected chi connectivity index (χ2v) is 8.30. The van der Waals surface area contributed by atoms with Crippen molar-refractivity contribution >= 4 is 23.0 Å². The molecule has 0 saturated carbocycles. The fourth-order valence-electron chi connectivity index (χ4n) is 4.67. The average molecular weight is 396 g/mol. The summed E-state index contributed by atoms with van der Waals surface area (Å²) in [6, 6.07) is 20.4. The van der Waals surface area contributed by atoms with E-state index in [9.17, 15) is 0 Å². The Hall–Kier alpha value is -2.11. The average Bonchev–Trinajstić information content (AvgIpc) is 2.70. The molecule has 2 aliphatic heterocycles. The largest absolute Gasteiger partial charge is 0.497 e. The molecule has 5 heteroatoms. The van der Waals surface area contributed by atoms with Crippen molar-refractivity contribution in [3.05, 3.63) is 60.2 Å². The molecule has 4 nitrogen and oxygen atoms in total. The summed E-state index contributed by atoms with van der Waals surface area (Å²) in [5, 5.41) is 7.62. The third-order valence-electron chi connectivity index (χ3n) is 6.02. The van der Waals surface area contributed by atoms with Crippen LogP contribution in [0.2, 0.25) is 0 Å². The van der Waals surface area contributed by atoms with Crippen molar-refractivity contribution in [1.82, 2.24) is 10.2 Å². The molecule has 0 aromatic heterocycles. The van der Waals surface area contributed by atoms with Gasteiger partial charge < -0.3 is 15.4 Å². The minimum Gasteiger partial charge on any atom is -0.497 e. The zero-order chi connectivity index (χ0) is 19.3. The van der Waals surface area contributed by atoms with Gasteiger partial charge in [-0.05, 0) is 67.7 Å². The van der Waals surface area contributed by atoms with Crippen LogP contribution in [0.1, 0.15) is 37.7 Å². The molecule has 4 rings (SSSR count). The van der Waals surface area contributed by atoms with Crippen LogP contribution in [0.15, 0.2) is 54.6 Å². The molecule has 0 amide bonds. The van der Waals surface area contributed by atoms with Crippen LogP contribution in [0.5, 0.6) is 5.75 Å². The predicted molar refractivity (Wildman–Crippen MR) is 119 cm³/mol. The minimum atomic E-state index is 0.450. The maximum atomic E-state index is 5.56. The first-order valence-corrected chi connectivity index (χ1v) is 10.6. The van der Waals surface area contributed by atoms with Crippen LogP contribution in [-0.4, -0.2) is 35.2 Å². The van der Waals surface area contributed by atoms with Crippen molar-refractivity contribution in [3.8, 4) is 5.75 Å². The molecule has 148 valence electrons. The molecule has 2 bridgehead atoms. The van der Waals surface area contributed by atoms with Crippen molar-refractivity contribution in [2.24, 2.45) is 0 Å². The molecule has 0 radical (unpaired) electrons. The van der Waals surface area contributed by atoms with Crippen LogP contribution in [-0.2, 0) is 6.54 Å². The highest BCUT2D eigenvalue weighted by atomic mass is 32.1. The van der Waals surface area contributed by atoms with Gasteiger partial charge in [-0.25, -0.2) is 0 Å². The molecule has 3 atom stereocenters. The molecule has 2 saturated heterocycles. The number of ether oxygens (including phenoxy) is 1. The molecule has 0 spiro atoms. The predicted octanol–water partition coefficient (Wildman–Crippen LogP) is 4.57. The Labute approximate surface area is 173 Å². The first-order valence-electron chi connectivity index (χ1n) is 10.2. The zero-order valence-electron chi connectivity index (χ0n) is 16.4. The van der Waals surface area contributed by atoms with Gasteiger partial charge in [0.2, 0.25) is 0 Å². The van der Waals surface area contributed by atoms with Gasteiger partial charge in [0.1, 0.15) is 5.75 Å². The fraction of sp³-hybridized carbons (Fsp3) is 0.435. The van der Waals surface area contributed by atoms with E-state index in [1.165, 1.54) is 24.8 Å². The molecule has 2 N–H and O–H groups in total. The molecular formula is C23H29N3OS. The Bertz CT molecular complexity index is 766. The number of fused-ring (bicyclic) bond motifs is 2. The second kappa shape index (κ2) is 8.93. The third kappa shape index (κ3) is 4.65. The standard InChI is InChI=1S/C23H29N3OS/c1-27-22-12-10-17(11-13-22)16-26-20-8-5-9-21(26)15-19(14-20)25-23(28)24-18-6-3-2-4-7-18/h2-4,6-7,10-13,19-21H,5,8-9,14-16H2,1H3,(H2,24,25,28)/t19?,20-,21+. The summed E-state index contributed by atoms with van der Waals surface area (Å²) in [5.41, 5.74) is 2.41. The maximum Gasteiger partial charge on any atom is 0.170 e. The van der Waals surface area contributed by atoms with E-state index in [1.807, 2.05) is 30.3 Å². The quantitative estimate of drug-likeness (QED) is 0.726. The van der Waals surface area contributed by atoms with Gasteiger partial charge in [0.05, 0.1) is 7.11 Å². The molecule has 2 fully saturated rings. The SMILES string of the molecule is COc1ccc(CN2[C@@H]3CCC[C@H]2CC(NC(=S)Nc2ccccc2)C3)cc1. The summed E-state index contributed by atoms with van der Waals surface area (Å²) in [6.07, 6.45) is 6.22. The van der Waals surface area contributed by atoms with Crippen molar-refractivity contribution in [1.29, 1.82) is 0 Å². The number of anilines is 1. The van der Waals surface area contributed by atoms with Gasteiger partial charge in [0.15, 0.2) is 5.11 Å². The van der Waals surface area contributed by atoms with Gasteiger partial charge in [0, 0.05) is 30.4 Å². The van der Waals surface area contributed by atoms with Crippen molar-refractivity contribution < 1.29 is 4.74 Å². The lowest BCUT2D eigenvalue weighted by Crippen LogP contribution is -2.56. The molecule has 2 aliphatic rings. The van der Waals surface area contributed by atoms with Gasteiger partial charge in [0.25, 0.3) is 0 Å². The van der Waals surface area contributed by atoms with Crippen molar-refractivity contribution in [2.45, 2.75) is 56.8 Å². The second-order valence-electron chi connectivity index (χ2n) is 7.89.